The van der Waals surface area contributed by atoms with Gasteiger partial charge in [0.05, 0.1) is 5.69 Å². The molecule has 0 aromatic heterocycles. The predicted molar refractivity (Wildman–Crippen MR) is 73.0 cm³/mol. The van der Waals surface area contributed by atoms with Gasteiger partial charge in [-0.25, -0.2) is 4.90 Å². The number of guanidine groups is 1. The zero-order chi connectivity index (χ0) is 13.7. The Morgan fingerprint density at radius 2 is 1.79 bits per heavy atom. The fraction of sp³-hybridized carbons (Fsp3) is 0. The second kappa shape index (κ2) is 5.56. The third-order valence-corrected chi connectivity index (χ3v) is 2.40. The topological polar surface area (TPSA) is 86.1 Å². The third kappa shape index (κ3) is 3.01. The summed E-state index contributed by atoms with van der Waals surface area (Å²) in [6.45, 7) is 0. The molecule has 2 aromatic rings. The number of rotatable bonds is 3. The number of anilines is 1. The lowest BCUT2D eigenvalue weighted by Gasteiger charge is -2.14. The summed E-state index contributed by atoms with van der Waals surface area (Å²) >= 11 is 0. The van der Waals surface area contributed by atoms with Crippen molar-refractivity contribution in [3.8, 4) is 17.7 Å². The molecule has 2 aromatic carbocycles. The first-order chi connectivity index (χ1) is 9.20. The number of ether oxygens (including phenoxy) is 1. The van der Waals surface area contributed by atoms with Crippen LogP contribution in [0.2, 0.25) is 0 Å². The highest BCUT2D eigenvalue weighted by Gasteiger charge is 2.09. The number of nitrogens with zero attached hydrogens (tertiary/aromatic N) is 2. The standard InChI is InChI=1S/C14H12N4O/c15-10-18(14(16)17)11-5-4-8-13(9-11)19-12-6-2-1-3-7-12/h1-9H,(H3,16,17). The molecule has 0 amide bonds. The molecular formula is C14H12N4O. The van der Waals surface area contributed by atoms with Crippen LogP contribution in [0.4, 0.5) is 5.69 Å². The van der Waals surface area contributed by atoms with Crippen LogP contribution in [0.5, 0.6) is 11.5 Å². The van der Waals surface area contributed by atoms with Crippen molar-refractivity contribution < 1.29 is 4.74 Å². The molecule has 19 heavy (non-hydrogen) atoms. The number of para-hydroxylation sites is 1. The SMILES string of the molecule is N#CN(C(=N)N)c1cccc(Oc2ccccc2)c1. The van der Waals surface area contributed by atoms with Gasteiger partial charge in [-0.1, -0.05) is 24.3 Å². The zero-order valence-electron chi connectivity index (χ0n) is 10.1. The van der Waals surface area contributed by atoms with E-state index in [-0.39, 0.29) is 5.96 Å². The van der Waals surface area contributed by atoms with Gasteiger partial charge in [0, 0.05) is 6.07 Å². The van der Waals surface area contributed by atoms with Crippen molar-refractivity contribution in [3.05, 3.63) is 54.6 Å². The predicted octanol–water partition coefficient (Wildman–Crippen LogP) is 2.66. The summed E-state index contributed by atoms with van der Waals surface area (Å²) in [7, 11) is 0. The Balaban J connectivity index is 2.25. The lowest BCUT2D eigenvalue weighted by molar-refractivity contribution is 0.483. The third-order valence-electron chi connectivity index (χ3n) is 2.40. The van der Waals surface area contributed by atoms with Gasteiger partial charge in [0.25, 0.3) is 0 Å². The fourth-order valence-corrected chi connectivity index (χ4v) is 1.56. The number of hydrogen-bond donors (Lipinski definition) is 2. The van der Waals surface area contributed by atoms with Gasteiger partial charge in [-0.3, -0.25) is 5.41 Å². The summed E-state index contributed by atoms with van der Waals surface area (Å²) in [6, 6.07) is 16.1. The maximum absolute atomic E-state index is 8.94. The van der Waals surface area contributed by atoms with Crippen LogP contribution in [0.1, 0.15) is 0 Å². The summed E-state index contributed by atoms with van der Waals surface area (Å²) in [5.74, 6) is 0.940. The van der Waals surface area contributed by atoms with Crippen LogP contribution >= 0.6 is 0 Å². The van der Waals surface area contributed by atoms with Crippen LogP contribution < -0.4 is 15.4 Å². The van der Waals surface area contributed by atoms with Crippen LogP contribution in [0.3, 0.4) is 0 Å². The maximum atomic E-state index is 8.94. The molecule has 0 atom stereocenters. The smallest absolute Gasteiger partial charge is 0.206 e. The molecule has 0 saturated carbocycles. The Hall–Kier alpha value is -3.00. The first-order valence-corrected chi connectivity index (χ1v) is 5.57. The highest BCUT2D eigenvalue weighted by Crippen LogP contribution is 2.25. The monoisotopic (exact) mass is 252 g/mol. The lowest BCUT2D eigenvalue weighted by atomic mass is 10.3. The Morgan fingerprint density at radius 1 is 1.11 bits per heavy atom. The molecule has 0 bridgehead atoms. The van der Waals surface area contributed by atoms with E-state index < -0.39 is 0 Å². The minimum atomic E-state index is -0.334. The summed E-state index contributed by atoms with van der Waals surface area (Å²) < 4.78 is 5.65. The molecule has 2 rings (SSSR count). The van der Waals surface area contributed by atoms with Crippen LogP contribution in [-0.4, -0.2) is 5.96 Å². The minimum Gasteiger partial charge on any atom is -0.457 e. The van der Waals surface area contributed by atoms with Gasteiger partial charge >= 0.3 is 0 Å². The normalized spacial score (nSPS) is 9.42. The second-order valence-electron chi connectivity index (χ2n) is 3.73. The average molecular weight is 252 g/mol. The molecule has 0 spiro atoms. The van der Waals surface area contributed by atoms with E-state index in [2.05, 4.69) is 0 Å². The van der Waals surface area contributed by atoms with Gasteiger partial charge in [-0.15, -0.1) is 0 Å². The molecule has 0 fully saturated rings. The molecule has 0 radical (unpaired) electrons. The average Bonchev–Trinajstić information content (AvgIpc) is 2.41. The van der Waals surface area contributed by atoms with Crippen molar-refractivity contribution in [2.75, 3.05) is 4.90 Å². The van der Waals surface area contributed by atoms with Crippen molar-refractivity contribution in [1.29, 1.82) is 10.7 Å². The molecule has 94 valence electrons. The van der Waals surface area contributed by atoms with Crippen molar-refractivity contribution in [2.45, 2.75) is 0 Å². The number of hydrogen-bond acceptors (Lipinski definition) is 3. The quantitative estimate of drug-likeness (QED) is 0.380. The largest absolute Gasteiger partial charge is 0.457 e. The van der Waals surface area contributed by atoms with Gasteiger partial charge in [0.2, 0.25) is 5.96 Å². The molecule has 0 aliphatic rings. The summed E-state index contributed by atoms with van der Waals surface area (Å²) in [6.07, 6.45) is 1.84. The van der Waals surface area contributed by atoms with Gasteiger partial charge in [-0.05, 0) is 24.3 Å². The molecule has 0 saturated heterocycles. The first-order valence-electron chi connectivity index (χ1n) is 5.57. The lowest BCUT2D eigenvalue weighted by Crippen LogP contribution is -2.32. The van der Waals surface area contributed by atoms with Gasteiger partial charge in [-0.2, -0.15) is 5.26 Å². The van der Waals surface area contributed by atoms with Crippen molar-refractivity contribution in [2.24, 2.45) is 5.73 Å². The van der Waals surface area contributed by atoms with E-state index in [9.17, 15) is 0 Å². The van der Waals surface area contributed by atoms with Crippen LogP contribution in [0.25, 0.3) is 0 Å². The Labute approximate surface area is 111 Å². The highest BCUT2D eigenvalue weighted by molar-refractivity contribution is 5.95. The van der Waals surface area contributed by atoms with Crippen molar-refractivity contribution in [3.63, 3.8) is 0 Å². The number of benzene rings is 2. The molecular weight excluding hydrogens is 240 g/mol. The molecule has 0 aliphatic heterocycles. The van der Waals surface area contributed by atoms with Crippen LogP contribution in [-0.2, 0) is 0 Å². The molecule has 5 heteroatoms. The van der Waals surface area contributed by atoms with Crippen molar-refractivity contribution in [1.82, 2.24) is 0 Å². The number of nitriles is 1. The van der Waals surface area contributed by atoms with E-state index in [1.807, 2.05) is 36.5 Å². The van der Waals surface area contributed by atoms with E-state index in [1.165, 1.54) is 0 Å². The maximum Gasteiger partial charge on any atom is 0.206 e. The van der Waals surface area contributed by atoms with Crippen molar-refractivity contribution >= 4 is 11.6 Å². The van der Waals surface area contributed by atoms with E-state index in [1.54, 1.807) is 24.3 Å². The van der Waals surface area contributed by atoms with E-state index in [4.69, 9.17) is 21.1 Å². The Bertz CT molecular complexity index is 619. The summed E-state index contributed by atoms with van der Waals surface area (Å²) in [5.41, 5.74) is 5.82. The Morgan fingerprint density at radius 3 is 2.42 bits per heavy atom. The van der Waals surface area contributed by atoms with E-state index >= 15 is 0 Å². The van der Waals surface area contributed by atoms with E-state index in [0.717, 1.165) is 4.90 Å². The summed E-state index contributed by atoms with van der Waals surface area (Å²) in [4.78, 5) is 1.01. The number of nitrogens with two attached hydrogens (primary N) is 1. The second-order valence-corrected chi connectivity index (χ2v) is 3.73. The number of nitrogens with one attached hydrogen (secondary N) is 1. The van der Waals surface area contributed by atoms with Gasteiger partial charge < -0.3 is 10.5 Å². The first kappa shape index (κ1) is 12.5. The summed E-state index contributed by atoms with van der Waals surface area (Å²) in [5, 5.41) is 16.3. The molecule has 0 unspecified atom stereocenters. The van der Waals surface area contributed by atoms with E-state index in [0.29, 0.717) is 17.2 Å². The molecule has 0 aliphatic carbocycles. The Kier molecular flexibility index (Phi) is 3.64. The zero-order valence-corrected chi connectivity index (χ0v) is 10.1. The minimum absolute atomic E-state index is 0.334. The van der Waals surface area contributed by atoms with Crippen LogP contribution in [0.15, 0.2) is 54.6 Å². The molecule has 3 N–H and O–H groups in total. The molecule has 0 heterocycles. The molecule has 5 nitrogen and oxygen atoms in total. The van der Waals surface area contributed by atoms with Gasteiger partial charge in [0.1, 0.15) is 11.5 Å². The van der Waals surface area contributed by atoms with Gasteiger partial charge in [0.15, 0.2) is 6.19 Å². The fourth-order valence-electron chi connectivity index (χ4n) is 1.56. The van der Waals surface area contributed by atoms with Crippen LogP contribution in [0, 0.1) is 16.9 Å². The highest BCUT2D eigenvalue weighted by atomic mass is 16.5.